The van der Waals surface area contributed by atoms with Crippen molar-refractivity contribution in [2.45, 2.75) is 78.6 Å². The Bertz CT molecular complexity index is 1080. The van der Waals surface area contributed by atoms with Crippen molar-refractivity contribution in [3.63, 3.8) is 0 Å². The normalized spacial score (nSPS) is 16.3. The SMILES string of the molecule is Cc1cc(-n2ccc(NC(=O)[C@H]3CCCN3C(=O)OC(C)(C)C)n2)ccc1C(=O)OC(C)(C)C. The van der Waals surface area contributed by atoms with Gasteiger partial charge in [0.2, 0.25) is 5.91 Å². The summed E-state index contributed by atoms with van der Waals surface area (Å²) in [5.74, 6) is -0.309. The average molecular weight is 471 g/mol. The molecule has 2 heterocycles. The van der Waals surface area contributed by atoms with Crippen LogP contribution in [0.2, 0.25) is 0 Å². The van der Waals surface area contributed by atoms with Crippen LogP contribution in [-0.2, 0) is 14.3 Å². The minimum absolute atomic E-state index is 0.301. The molecule has 1 saturated heterocycles. The van der Waals surface area contributed by atoms with Crippen molar-refractivity contribution in [2.24, 2.45) is 0 Å². The summed E-state index contributed by atoms with van der Waals surface area (Å²) in [6.07, 6.45) is 2.53. The molecule has 0 spiro atoms. The first-order chi connectivity index (χ1) is 15.7. The fourth-order valence-corrected chi connectivity index (χ4v) is 3.67. The number of hydrogen-bond donors (Lipinski definition) is 1. The molecule has 9 nitrogen and oxygen atoms in total. The summed E-state index contributed by atoms with van der Waals surface area (Å²) in [6, 6.07) is 6.39. The number of carbonyl (C=O) groups is 3. The summed E-state index contributed by atoms with van der Waals surface area (Å²) in [5, 5.41) is 7.23. The Morgan fingerprint density at radius 1 is 1.03 bits per heavy atom. The van der Waals surface area contributed by atoms with Crippen molar-refractivity contribution >= 4 is 23.8 Å². The molecular formula is C25H34N4O5. The molecule has 184 valence electrons. The van der Waals surface area contributed by atoms with Gasteiger partial charge in [0.15, 0.2) is 5.82 Å². The summed E-state index contributed by atoms with van der Waals surface area (Å²) < 4.78 is 12.5. The lowest BCUT2D eigenvalue weighted by atomic mass is 10.1. The van der Waals surface area contributed by atoms with Gasteiger partial charge in [0, 0.05) is 18.8 Å². The highest BCUT2D eigenvalue weighted by atomic mass is 16.6. The van der Waals surface area contributed by atoms with Gasteiger partial charge in [0.1, 0.15) is 17.2 Å². The van der Waals surface area contributed by atoms with Crippen molar-refractivity contribution in [2.75, 3.05) is 11.9 Å². The van der Waals surface area contributed by atoms with E-state index < -0.39 is 23.3 Å². The van der Waals surface area contributed by atoms with Gasteiger partial charge in [0.25, 0.3) is 0 Å². The maximum atomic E-state index is 12.9. The third-order valence-electron chi connectivity index (χ3n) is 5.12. The second-order valence-electron chi connectivity index (χ2n) is 10.5. The molecule has 2 aromatic rings. The Kier molecular flexibility index (Phi) is 7.05. The topological polar surface area (TPSA) is 103 Å². The van der Waals surface area contributed by atoms with Crippen LogP contribution < -0.4 is 5.32 Å². The standard InChI is InChI=1S/C25H34N4O5/c1-16-15-17(10-11-18(16)22(31)33-24(2,3)4)29-14-12-20(27-29)26-21(30)19-9-8-13-28(19)23(32)34-25(5,6)7/h10-12,14-15,19H,8-9,13H2,1-7H3,(H,26,27,30)/t19-/m1/s1. The number of esters is 1. The molecule has 0 bridgehead atoms. The number of benzene rings is 1. The van der Waals surface area contributed by atoms with Crippen LogP contribution in [0.1, 0.15) is 70.3 Å². The van der Waals surface area contributed by atoms with Gasteiger partial charge in [-0.3, -0.25) is 9.69 Å². The number of nitrogens with zero attached hydrogens (tertiary/aromatic N) is 3. The Labute approximate surface area is 200 Å². The predicted octanol–water partition coefficient (Wildman–Crippen LogP) is 4.47. The zero-order chi connectivity index (χ0) is 25.3. The van der Waals surface area contributed by atoms with Gasteiger partial charge in [-0.05, 0) is 85.1 Å². The minimum Gasteiger partial charge on any atom is -0.456 e. The molecule has 0 unspecified atom stereocenters. The third-order valence-corrected chi connectivity index (χ3v) is 5.12. The molecule has 2 amide bonds. The third kappa shape index (κ3) is 6.36. The lowest BCUT2D eigenvalue weighted by Crippen LogP contribution is -2.45. The van der Waals surface area contributed by atoms with E-state index in [0.29, 0.717) is 24.3 Å². The summed E-state index contributed by atoms with van der Waals surface area (Å²) in [7, 11) is 0. The lowest BCUT2D eigenvalue weighted by Gasteiger charge is -2.27. The molecule has 1 aliphatic rings. The van der Waals surface area contributed by atoms with Gasteiger partial charge in [-0.1, -0.05) is 0 Å². The maximum Gasteiger partial charge on any atom is 0.410 e. The van der Waals surface area contributed by atoms with Gasteiger partial charge in [-0.15, -0.1) is 0 Å². The highest BCUT2D eigenvalue weighted by Gasteiger charge is 2.36. The zero-order valence-corrected chi connectivity index (χ0v) is 21.0. The number of nitrogens with one attached hydrogen (secondary N) is 1. The Morgan fingerprint density at radius 2 is 1.71 bits per heavy atom. The second kappa shape index (κ2) is 9.48. The molecule has 1 aromatic heterocycles. The highest BCUT2D eigenvalue weighted by Crippen LogP contribution is 2.23. The van der Waals surface area contributed by atoms with Crippen LogP contribution in [0.3, 0.4) is 0 Å². The Morgan fingerprint density at radius 3 is 2.32 bits per heavy atom. The van der Waals surface area contributed by atoms with Crippen molar-refractivity contribution in [3.05, 3.63) is 41.6 Å². The van der Waals surface area contributed by atoms with Crippen LogP contribution in [0.4, 0.5) is 10.6 Å². The molecule has 9 heteroatoms. The summed E-state index contributed by atoms with van der Waals surface area (Å²) in [4.78, 5) is 39.2. The molecular weight excluding hydrogens is 436 g/mol. The number of hydrogen-bond acceptors (Lipinski definition) is 6. The van der Waals surface area contributed by atoms with E-state index in [1.807, 2.05) is 33.8 Å². The van der Waals surface area contributed by atoms with Gasteiger partial charge in [-0.25, -0.2) is 14.3 Å². The number of carbonyl (C=O) groups excluding carboxylic acids is 3. The molecule has 1 fully saturated rings. The second-order valence-corrected chi connectivity index (χ2v) is 10.5. The average Bonchev–Trinajstić information content (AvgIpc) is 3.34. The van der Waals surface area contributed by atoms with E-state index in [9.17, 15) is 14.4 Å². The van der Waals surface area contributed by atoms with E-state index in [-0.39, 0.29) is 11.9 Å². The van der Waals surface area contributed by atoms with E-state index >= 15 is 0 Å². The Hall–Kier alpha value is -3.36. The number of rotatable bonds is 4. The van der Waals surface area contributed by atoms with E-state index in [1.165, 1.54) is 4.90 Å². The largest absolute Gasteiger partial charge is 0.456 e. The van der Waals surface area contributed by atoms with Crippen LogP contribution in [0.5, 0.6) is 0 Å². The molecule has 0 aliphatic carbocycles. The van der Waals surface area contributed by atoms with Crippen molar-refractivity contribution < 1.29 is 23.9 Å². The summed E-state index contributed by atoms with van der Waals surface area (Å²) in [5.41, 5.74) is 0.780. The first kappa shape index (κ1) is 25.3. The molecule has 0 saturated carbocycles. The van der Waals surface area contributed by atoms with E-state index in [4.69, 9.17) is 9.47 Å². The fourth-order valence-electron chi connectivity index (χ4n) is 3.67. The van der Waals surface area contributed by atoms with Crippen LogP contribution in [-0.4, -0.2) is 56.4 Å². The van der Waals surface area contributed by atoms with Crippen molar-refractivity contribution in [1.29, 1.82) is 0 Å². The van der Waals surface area contributed by atoms with E-state index in [1.54, 1.807) is 49.8 Å². The highest BCUT2D eigenvalue weighted by molar-refractivity contribution is 5.96. The van der Waals surface area contributed by atoms with Crippen LogP contribution in [0.25, 0.3) is 5.69 Å². The molecule has 1 N–H and O–H groups in total. The smallest absolute Gasteiger partial charge is 0.410 e. The summed E-state index contributed by atoms with van der Waals surface area (Å²) in [6.45, 7) is 13.2. The predicted molar refractivity (Wildman–Crippen MR) is 128 cm³/mol. The Balaban J connectivity index is 1.68. The van der Waals surface area contributed by atoms with Crippen LogP contribution in [0, 0.1) is 6.92 Å². The lowest BCUT2D eigenvalue weighted by molar-refractivity contribution is -0.120. The fraction of sp³-hybridized carbons (Fsp3) is 0.520. The molecule has 34 heavy (non-hydrogen) atoms. The van der Waals surface area contributed by atoms with E-state index in [0.717, 1.165) is 17.7 Å². The maximum absolute atomic E-state index is 12.9. The van der Waals surface area contributed by atoms with Gasteiger partial charge < -0.3 is 14.8 Å². The molecule has 1 aromatic carbocycles. The van der Waals surface area contributed by atoms with Gasteiger partial charge in [0.05, 0.1) is 11.3 Å². The number of ether oxygens (including phenoxy) is 2. The zero-order valence-electron chi connectivity index (χ0n) is 21.0. The molecule has 0 radical (unpaired) electrons. The van der Waals surface area contributed by atoms with Gasteiger partial charge in [-0.2, -0.15) is 5.10 Å². The quantitative estimate of drug-likeness (QED) is 0.661. The van der Waals surface area contributed by atoms with Crippen molar-refractivity contribution in [3.8, 4) is 5.69 Å². The number of amides is 2. The molecule has 1 atom stereocenters. The van der Waals surface area contributed by atoms with Crippen molar-refractivity contribution in [1.82, 2.24) is 14.7 Å². The number of anilines is 1. The van der Waals surface area contributed by atoms with Gasteiger partial charge >= 0.3 is 12.1 Å². The monoisotopic (exact) mass is 470 g/mol. The van der Waals surface area contributed by atoms with Crippen LogP contribution >= 0.6 is 0 Å². The van der Waals surface area contributed by atoms with Crippen LogP contribution in [0.15, 0.2) is 30.5 Å². The minimum atomic E-state index is -0.628. The number of aromatic nitrogens is 2. The number of aryl methyl sites for hydroxylation is 1. The summed E-state index contributed by atoms with van der Waals surface area (Å²) >= 11 is 0. The molecule has 1 aliphatic heterocycles. The number of likely N-dealkylation sites (tertiary alicyclic amines) is 1. The van der Waals surface area contributed by atoms with E-state index in [2.05, 4.69) is 10.4 Å². The first-order valence-electron chi connectivity index (χ1n) is 11.4. The first-order valence-corrected chi connectivity index (χ1v) is 11.4. The molecule has 3 rings (SSSR count).